The van der Waals surface area contributed by atoms with Gasteiger partial charge >= 0.3 is 6.01 Å². The lowest BCUT2D eigenvalue weighted by Crippen LogP contribution is -2.17. The molecule has 21 heavy (non-hydrogen) atoms. The van der Waals surface area contributed by atoms with Gasteiger partial charge in [-0.3, -0.25) is 9.78 Å². The Morgan fingerprint density at radius 3 is 2.33 bits per heavy atom. The van der Waals surface area contributed by atoms with Crippen molar-refractivity contribution in [2.45, 2.75) is 27.7 Å². The van der Waals surface area contributed by atoms with E-state index < -0.39 is 0 Å². The molecule has 0 spiro atoms. The standard InChI is InChI=1S/C14H17N5O2/c1-5-21-14-17-9(3)12(10(4)18-14)19-13(20)11-7-15-8(2)6-16-11/h6-7H,5H2,1-4H3,(H,19,20). The Bertz CT molecular complexity index is 632. The summed E-state index contributed by atoms with van der Waals surface area (Å²) in [5, 5.41) is 2.76. The average molecular weight is 287 g/mol. The van der Waals surface area contributed by atoms with Crippen LogP contribution in [0, 0.1) is 20.8 Å². The Morgan fingerprint density at radius 1 is 1.14 bits per heavy atom. The highest BCUT2D eigenvalue weighted by Crippen LogP contribution is 2.20. The molecule has 0 unspecified atom stereocenters. The van der Waals surface area contributed by atoms with Crippen LogP contribution in [0.4, 0.5) is 5.69 Å². The van der Waals surface area contributed by atoms with E-state index in [-0.39, 0.29) is 11.6 Å². The fraction of sp³-hybridized carbons (Fsp3) is 0.357. The summed E-state index contributed by atoms with van der Waals surface area (Å²) in [6, 6.07) is 0.306. The van der Waals surface area contributed by atoms with Gasteiger partial charge in [0.15, 0.2) is 0 Å². The van der Waals surface area contributed by atoms with Crippen LogP contribution in [0.1, 0.15) is 34.5 Å². The first kappa shape index (κ1) is 14.8. The number of ether oxygens (including phenoxy) is 1. The molecule has 0 aliphatic heterocycles. The highest BCUT2D eigenvalue weighted by atomic mass is 16.5. The number of hydrogen-bond donors (Lipinski definition) is 1. The van der Waals surface area contributed by atoms with Crippen molar-refractivity contribution in [3.8, 4) is 6.01 Å². The SMILES string of the molecule is CCOc1nc(C)c(NC(=O)c2cnc(C)cn2)c(C)n1. The zero-order valence-electron chi connectivity index (χ0n) is 12.5. The molecule has 0 atom stereocenters. The predicted octanol–water partition coefficient (Wildman–Crippen LogP) is 1.84. The van der Waals surface area contributed by atoms with Crippen molar-refractivity contribution in [2.75, 3.05) is 11.9 Å². The average Bonchev–Trinajstić information content (AvgIpc) is 2.44. The molecule has 0 aliphatic rings. The largest absolute Gasteiger partial charge is 0.464 e. The minimum absolute atomic E-state index is 0.244. The summed E-state index contributed by atoms with van der Waals surface area (Å²) >= 11 is 0. The number of carbonyl (C=O) groups excluding carboxylic acids is 1. The molecule has 0 aromatic carbocycles. The summed E-state index contributed by atoms with van der Waals surface area (Å²) < 4.78 is 5.27. The lowest BCUT2D eigenvalue weighted by molar-refractivity contribution is 0.102. The summed E-state index contributed by atoms with van der Waals surface area (Å²) in [4.78, 5) is 28.6. The zero-order chi connectivity index (χ0) is 15.4. The number of rotatable bonds is 4. The number of hydrogen-bond acceptors (Lipinski definition) is 6. The molecule has 7 heteroatoms. The summed E-state index contributed by atoms with van der Waals surface area (Å²) in [7, 11) is 0. The Kier molecular flexibility index (Phi) is 4.42. The summed E-state index contributed by atoms with van der Waals surface area (Å²) in [5.41, 5.74) is 2.83. The molecule has 110 valence electrons. The van der Waals surface area contributed by atoms with Gasteiger partial charge in [-0.15, -0.1) is 0 Å². The number of aryl methyl sites for hydroxylation is 3. The van der Waals surface area contributed by atoms with E-state index in [4.69, 9.17) is 4.74 Å². The molecule has 1 amide bonds. The minimum Gasteiger partial charge on any atom is -0.464 e. The van der Waals surface area contributed by atoms with Crippen molar-refractivity contribution in [2.24, 2.45) is 0 Å². The third-order valence-electron chi connectivity index (χ3n) is 2.78. The number of nitrogens with one attached hydrogen (secondary N) is 1. The maximum atomic E-state index is 12.1. The van der Waals surface area contributed by atoms with Crippen LogP contribution in [0.5, 0.6) is 6.01 Å². The van der Waals surface area contributed by atoms with E-state index >= 15 is 0 Å². The lowest BCUT2D eigenvalue weighted by Gasteiger charge is -2.11. The molecule has 0 saturated heterocycles. The van der Waals surface area contributed by atoms with Crippen LogP contribution in [0.3, 0.4) is 0 Å². The number of anilines is 1. The fourth-order valence-corrected chi connectivity index (χ4v) is 1.75. The molecule has 0 fully saturated rings. The quantitative estimate of drug-likeness (QED) is 0.922. The van der Waals surface area contributed by atoms with Gasteiger partial charge in [-0.25, -0.2) is 4.98 Å². The summed E-state index contributed by atoms with van der Waals surface area (Å²) in [6.07, 6.45) is 2.98. The van der Waals surface area contributed by atoms with E-state index in [1.165, 1.54) is 6.20 Å². The molecule has 2 heterocycles. The summed E-state index contributed by atoms with van der Waals surface area (Å²) in [5.74, 6) is -0.346. The number of amides is 1. The predicted molar refractivity (Wildman–Crippen MR) is 77.4 cm³/mol. The minimum atomic E-state index is -0.346. The molecule has 2 aromatic heterocycles. The third kappa shape index (κ3) is 3.50. The maximum absolute atomic E-state index is 12.1. The molecule has 2 aromatic rings. The normalized spacial score (nSPS) is 10.3. The zero-order valence-corrected chi connectivity index (χ0v) is 12.5. The van der Waals surface area contributed by atoms with E-state index in [0.717, 1.165) is 5.69 Å². The monoisotopic (exact) mass is 287 g/mol. The van der Waals surface area contributed by atoms with Crippen LogP contribution in [0.15, 0.2) is 12.4 Å². The van der Waals surface area contributed by atoms with Crippen molar-refractivity contribution >= 4 is 11.6 Å². The van der Waals surface area contributed by atoms with Gasteiger partial charge in [0.05, 0.1) is 35.6 Å². The van der Waals surface area contributed by atoms with Gasteiger partial charge in [-0.1, -0.05) is 0 Å². The number of carbonyl (C=O) groups is 1. The highest BCUT2D eigenvalue weighted by Gasteiger charge is 2.14. The van der Waals surface area contributed by atoms with Crippen molar-refractivity contribution in [3.63, 3.8) is 0 Å². The molecule has 2 rings (SSSR count). The van der Waals surface area contributed by atoms with Crippen LogP contribution in [-0.2, 0) is 0 Å². The maximum Gasteiger partial charge on any atom is 0.316 e. The Labute approximate surface area is 122 Å². The van der Waals surface area contributed by atoms with Gasteiger partial charge in [0, 0.05) is 6.20 Å². The molecule has 1 N–H and O–H groups in total. The number of aromatic nitrogens is 4. The Morgan fingerprint density at radius 2 is 1.81 bits per heavy atom. The first-order chi connectivity index (χ1) is 10.0. The van der Waals surface area contributed by atoms with Crippen molar-refractivity contribution < 1.29 is 9.53 Å². The van der Waals surface area contributed by atoms with Gasteiger partial charge in [0.25, 0.3) is 5.91 Å². The van der Waals surface area contributed by atoms with E-state index in [2.05, 4.69) is 25.3 Å². The first-order valence-electron chi connectivity index (χ1n) is 6.59. The van der Waals surface area contributed by atoms with Crippen LogP contribution in [-0.4, -0.2) is 32.4 Å². The smallest absolute Gasteiger partial charge is 0.316 e. The molecule has 0 bridgehead atoms. The third-order valence-corrected chi connectivity index (χ3v) is 2.78. The molecule has 0 aliphatic carbocycles. The van der Waals surface area contributed by atoms with E-state index in [0.29, 0.717) is 29.7 Å². The molecule has 0 radical (unpaired) electrons. The second-order valence-electron chi connectivity index (χ2n) is 4.48. The van der Waals surface area contributed by atoms with Gasteiger partial charge in [-0.05, 0) is 27.7 Å². The fourth-order valence-electron chi connectivity index (χ4n) is 1.75. The second kappa shape index (κ2) is 6.25. The van der Waals surface area contributed by atoms with Gasteiger partial charge < -0.3 is 10.1 Å². The molecule has 0 saturated carbocycles. The lowest BCUT2D eigenvalue weighted by atomic mass is 10.2. The van der Waals surface area contributed by atoms with E-state index in [1.54, 1.807) is 20.0 Å². The number of nitrogens with zero attached hydrogens (tertiary/aromatic N) is 4. The van der Waals surface area contributed by atoms with Crippen molar-refractivity contribution in [1.82, 2.24) is 19.9 Å². The van der Waals surface area contributed by atoms with Gasteiger partial charge in [-0.2, -0.15) is 9.97 Å². The first-order valence-corrected chi connectivity index (χ1v) is 6.59. The summed E-state index contributed by atoms with van der Waals surface area (Å²) in [6.45, 7) is 7.73. The van der Waals surface area contributed by atoms with Crippen molar-refractivity contribution in [1.29, 1.82) is 0 Å². The molecular formula is C14H17N5O2. The topological polar surface area (TPSA) is 89.9 Å². The molecular weight excluding hydrogens is 270 g/mol. The van der Waals surface area contributed by atoms with Crippen LogP contribution in [0.2, 0.25) is 0 Å². The van der Waals surface area contributed by atoms with Gasteiger partial charge in [0.2, 0.25) is 0 Å². The Balaban J connectivity index is 2.23. The van der Waals surface area contributed by atoms with Gasteiger partial charge in [0.1, 0.15) is 5.69 Å². The van der Waals surface area contributed by atoms with Crippen LogP contribution < -0.4 is 10.1 Å². The second-order valence-corrected chi connectivity index (χ2v) is 4.48. The van der Waals surface area contributed by atoms with Crippen LogP contribution in [0.25, 0.3) is 0 Å². The van der Waals surface area contributed by atoms with E-state index in [9.17, 15) is 4.79 Å². The Hall–Kier alpha value is -2.57. The molecule has 7 nitrogen and oxygen atoms in total. The van der Waals surface area contributed by atoms with E-state index in [1.807, 2.05) is 13.8 Å². The van der Waals surface area contributed by atoms with Crippen molar-refractivity contribution in [3.05, 3.63) is 35.2 Å². The highest BCUT2D eigenvalue weighted by molar-refractivity contribution is 6.03. The van der Waals surface area contributed by atoms with Crippen LogP contribution >= 0.6 is 0 Å².